The molecule has 1 N–H and O–H groups in total. The third kappa shape index (κ3) is 2.27. The third-order valence-corrected chi connectivity index (χ3v) is 3.20. The van der Waals surface area contributed by atoms with E-state index in [1.54, 1.807) is 0 Å². The summed E-state index contributed by atoms with van der Waals surface area (Å²) >= 11 is 0. The van der Waals surface area contributed by atoms with E-state index < -0.39 is 5.41 Å². The van der Waals surface area contributed by atoms with E-state index in [0.717, 1.165) is 17.1 Å². The van der Waals surface area contributed by atoms with Gasteiger partial charge in [0.2, 0.25) is 0 Å². The average molecular weight is 246 g/mol. The fourth-order valence-electron chi connectivity index (χ4n) is 2.25. The minimum Gasteiger partial charge on any atom is -0.486 e. The van der Waals surface area contributed by atoms with E-state index in [9.17, 15) is 5.26 Å². The molecule has 0 aliphatic carbocycles. The van der Waals surface area contributed by atoms with Crippen molar-refractivity contribution in [3.8, 4) is 17.6 Å². The standard InChI is InChI=1S/C14H18N2O2/c1-14(2,9-15)13(16-3)10-4-5-11-12(8-10)18-7-6-17-11/h4-5,8,13,16H,6-7H2,1-3H3. The van der Waals surface area contributed by atoms with Crippen LogP contribution in [0.4, 0.5) is 0 Å². The number of nitrogens with one attached hydrogen (secondary N) is 1. The number of nitrogens with zero attached hydrogens (tertiary/aromatic N) is 1. The number of hydrogen-bond donors (Lipinski definition) is 1. The van der Waals surface area contributed by atoms with Crippen LogP contribution in [0.3, 0.4) is 0 Å². The molecule has 1 aromatic rings. The monoisotopic (exact) mass is 246 g/mol. The lowest BCUT2D eigenvalue weighted by atomic mass is 9.82. The van der Waals surface area contributed by atoms with Gasteiger partial charge in [0.15, 0.2) is 11.5 Å². The second-order valence-corrected chi connectivity index (χ2v) is 4.96. The van der Waals surface area contributed by atoms with Gasteiger partial charge in [-0.05, 0) is 38.6 Å². The summed E-state index contributed by atoms with van der Waals surface area (Å²) in [4.78, 5) is 0. The molecule has 0 saturated carbocycles. The fraction of sp³-hybridized carbons (Fsp3) is 0.500. The van der Waals surface area contributed by atoms with Gasteiger partial charge in [0.25, 0.3) is 0 Å². The van der Waals surface area contributed by atoms with Crippen molar-refractivity contribution in [2.45, 2.75) is 19.9 Å². The molecule has 4 heteroatoms. The minimum absolute atomic E-state index is 0.0432. The number of rotatable bonds is 3. The minimum atomic E-state index is -0.488. The highest BCUT2D eigenvalue weighted by Crippen LogP contribution is 2.37. The summed E-state index contributed by atoms with van der Waals surface area (Å²) in [5.74, 6) is 1.53. The first-order chi connectivity index (χ1) is 8.58. The first-order valence-corrected chi connectivity index (χ1v) is 6.06. The van der Waals surface area contributed by atoms with Crippen molar-refractivity contribution in [2.75, 3.05) is 20.3 Å². The summed E-state index contributed by atoms with van der Waals surface area (Å²) in [7, 11) is 1.86. The van der Waals surface area contributed by atoms with Gasteiger partial charge in [-0.3, -0.25) is 0 Å². The van der Waals surface area contributed by atoms with Crippen molar-refractivity contribution >= 4 is 0 Å². The predicted molar refractivity (Wildman–Crippen MR) is 68.6 cm³/mol. The van der Waals surface area contributed by atoms with Crippen LogP contribution < -0.4 is 14.8 Å². The smallest absolute Gasteiger partial charge is 0.161 e. The van der Waals surface area contributed by atoms with Crippen molar-refractivity contribution in [1.82, 2.24) is 5.32 Å². The third-order valence-electron chi connectivity index (χ3n) is 3.20. The van der Waals surface area contributed by atoms with Gasteiger partial charge in [-0.1, -0.05) is 6.07 Å². The lowest BCUT2D eigenvalue weighted by Crippen LogP contribution is -2.31. The van der Waals surface area contributed by atoms with E-state index in [0.29, 0.717) is 13.2 Å². The Labute approximate surface area is 108 Å². The number of hydrogen-bond acceptors (Lipinski definition) is 4. The van der Waals surface area contributed by atoms with Crippen molar-refractivity contribution in [3.05, 3.63) is 23.8 Å². The number of nitriles is 1. The molecule has 0 aromatic heterocycles. The predicted octanol–water partition coefficient (Wildman–Crippen LogP) is 2.27. The summed E-state index contributed by atoms with van der Waals surface area (Å²) in [5, 5.41) is 12.4. The molecule has 1 aromatic carbocycles. The molecule has 1 heterocycles. The Kier molecular flexibility index (Phi) is 3.44. The Hall–Kier alpha value is -1.73. The quantitative estimate of drug-likeness (QED) is 0.889. The van der Waals surface area contributed by atoms with Crippen LogP contribution in [0.2, 0.25) is 0 Å². The maximum atomic E-state index is 9.25. The SMILES string of the molecule is CNC(c1ccc2c(c1)OCCO2)C(C)(C)C#N. The molecule has 1 aliphatic heterocycles. The molecule has 0 saturated heterocycles. The summed E-state index contributed by atoms with van der Waals surface area (Å²) in [6.45, 7) is 5.00. The molecule has 0 bridgehead atoms. The van der Waals surface area contributed by atoms with Crippen LogP contribution in [-0.2, 0) is 0 Å². The van der Waals surface area contributed by atoms with Crippen LogP contribution in [0.25, 0.3) is 0 Å². The van der Waals surface area contributed by atoms with Crippen molar-refractivity contribution in [1.29, 1.82) is 5.26 Å². The van der Waals surface area contributed by atoms with Gasteiger partial charge in [-0.15, -0.1) is 0 Å². The molecular weight excluding hydrogens is 228 g/mol. The lowest BCUT2D eigenvalue weighted by Gasteiger charge is -2.29. The zero-order chi connectivity index (χ0) is 13.2. The zero-order valence-corrected chi connectivity index (χ0v) is 11.0. The maximum absolute atomic E-state index is 9.25. The molecule has 1 unspecified atom stereocenters. The van der Waals surface area contributed by atoms with E-state index in [4.69, 9.17) is 9.47 Å². The van der Waals surface area contributed by atoms with Gasteiger partial charge in [-0.25, -0.2) is 0 Å². The van der Waals surface area contributed by atoms with Crippen LogP contribution in [0.15, 0.2) is 18.2 Å². The van der Waals surface area contributed by atoms with Crippen molar-refractivity contribution in [3.63, 3.8) is 0 Å². The highest BCUT2D eigenvalue weighted by molar-refractivity contribution is 5.45. The first kappa shape index (κ1) is 12.7. The molecule has 1 aliphatic rings. The second kappa shape index (κ2) is 4.87. The summed E-state index contributed by atoms with van der Waals surface area (Å²) < 4.78 is 11.1. The van der Waals surface area contributed by atoms with Crippen LogP contribution in [0.1, 0.15) is 25.5 Å². The Morgan fingerprint density at radius 2 is 1.94 bits per heavy atom. The van der Waals surface area contributed by atoms with Gasteiger partial charge in [0.1, 0.15) is 13.2 Å². The molecule has 0 spiro atoms. The van der Waals surface area contributed by atoms with E-state index in [2.05, 4.69) is 11.4 Å². The molecule has 0 radical (unpaired) electrons. The lowest BCUT2D eigenvalue weighted by molar-refractivity contribution is 0.171. The summed E-state index contributed by atoms with van der Waals surface area (Å²) in [6.07, 6.45) is 0. The Bertz CT molecular complexity index is 477. The van der Waals surface area contributed by atoms with Crippen LogP contribution in [0, 0.1) is 16.7 Å². The molecule has 0 fully saturated rings. The maximum Gasteiger partial charge on any atom is 0.161 e. The molecule has 2 rings (SSSR count). The van der Waals surface area contributed by atoms with Crippen molar-refractivity contribution < 1.29 is 9.47 Å². The van der Waals surface area contributed by atoms with Crippen LogP contribution >= 0.6 is 0 Å². The zero-order valence-electron chi connectivity index (χ0n) is 11.0. The number of benzene rings is 1. The van der Waals surface area contributed by atoms with Crippen LogP contribution in [0.5, 0.6) is 11.5 Å². The topological polar surface area (TPSA) is 54.3 Å². The molecule has 1 atom stereocenters. The van der Waals surface area contributed by atoms with E-state index in [-0.39, 0.29) is 6.04 Å². The molecule has 0 amide bonds. The van der Waals surface area contributed by atoms with Gasteiger partial charge in [0, 0.05) is 0 Å². The highest BCUT2D eigenvalue weighted by atomic mass is 16.6. The van der Waals surface area contributed by atoms with E-state index >= 15 is 0 Å². The number of ether oxygens (including phenoxy) is 2. The first-order valence-electron chi connectivity index (χ1n) is 6.06. The normalized spacial score (nSPS) is 15.9. The van der Waals surface area contributed by atoms with Gasteiger partial charge < -0.3 is 14.8 Å². The highest BCUT2D eigenvalue weighted by Gasteiger charge is 2.30. The number of fused-ring (bicyclic) bond motifs is 1. The Morgan fingerprint density at radius 1 is 1.28 bits per heavy atom. The van der Waals surface area contributed by atoms with Crippen molar-refractivity contribution in [2.24, 2.45) is 5.41 Å². The molecule has 96 valence electrons. The van der Waals surface area contributed by atoms with Gasteiger partial charge in [0.05, 0.1) is 17.5 Å². The van der Waals surface area contributed by atoms with E-state index in [1.165, 1.54) is 0 Å². The Balaban J connectivity index is 2.35. The largest absolute Gasteiger partial charge is 0.486 e. The van der Waals surface area contributed by atoms with E-state index in [1.807, 2.05) is 39.1 Å². The van der Waals surface area contributed by atoms with Crippen LogP contribution in [-0.4, -0.2) is 20.3 Å². The summed E-state index contributed by atoms with van der Waals surface area (Å²) in [5.41, 5.74) is 0.548. The molecule has 4 nitrogen and oxygen atoms in total. The van der Waals surface area contributed by atoms with Gasteiger partial charge in [-0.2, -0.15) is 5.26 Å². The summed E-state index contributed by atoms with van der Waals surface area (Å²) in [6, 6.07) is 8.13. The second-order valence-electron chi connectivity index (χ2n) is 4.96. The van der Waals surface area contributed by atoms with Gasteiger partial charge >= 0.3 is 0 Å². The fourth-order valence-corrected chi connectivity index (χ4v) is 2.25. The molecular formula is C14H18N2O2. The Morgan fingerprint density at radius 3 is 2.56 bits per heavy atom. The average Bonchev–Trinajstić information content (AvgIpc) is 2.39. The molecule has 18 heavy (non-hydrogen) atoms.